The minimum Gasteiger partial charge on any atom is -0.476 e. The third-order valence-electron chi connectivity index (χ3n) is 2.89. The van der Waals surface area contributed by atoms with Crippen molar-refractivity contribution < 1.29 is 9.90 Å². The summed E-state index contributed by atoms with van der Waals surface area (Å²) in [6.07, 6.45) is 1.74. The average Bonchev–Trinajstić information content (AvgIpc) is 2.80. The molecule has 3 rings (SSSR count). The van der Waals surface area contributed by atoms with Gasteiger partial charge in [0.15, 0.2) is 10.8 Å². The highest BCUT2D eigenvalue weighted by Gasteiger charge is 2.14. The van der Waals surface area contributed by atoms with Crippen LogP contribution in [0.2, 0.25) is 0 Å². The zero-order valence-corrected chi connectivity index (χ0v) is 11.4. The number of carboxylic acids is 1. The molecule has 0 aliphatic carbocycles. The smallest absolute Gasteiger partial charge is 0.355 e. The molecule has 5 nitrogen and oxygen atoms in total. The van der Waals surface area contributed by atoms with Gasteiger partial charge >= 0.3 is 5.97 Å². The maximum atomic E-state index is 11.0. The molecule has 0 radical (unpaired) electrons. The van der Waals surface area contributed by atoms with Crippen LogP contribution in [0.15, 0.2) is 36.5 Å². The van der Waals surface area contributed by atoms with Gasteiger partial charge in [0.1, 0.15) is 0 Å². The molecular weight excluding hydrogens is 274 g/mol. The molecular formula is C14H11N3O2S. The molecule has 0 fully saturated rings. The summed E-state index contributed by atoms with van der Waals surface area (Å²) in [6.45, 7) is 1.75. The second kappa shape index (κ2) is 4.90. The Hall–Kier alpha value is -2.47. The lowest BCUT2D eigenvalue weighted by molar-refractivity contribution is 0.0690. The topological polar surface area (TPSA) is 75.1 Å². The van der Waals surface area contributed by atoms with E-state index in [9.17, 15) is 4.79 Å². The summed E-state index contributed by atoms with van der Waals surface area (Å²) in [5.41, 5.74) is 1.83. The summed E-state index contributed by atoms with van der Waals surface area (Å²) in [7, 11) is 0. The Labute approximate surface area is 118 Å². The first-order valence-electron chi connectivity index (χ1n) is 5.96. The fraction of sp³-hybridized carbons (Fsp3) is 0.0714. The lowest BCUT2D eigenvalue weighted by Gasteiger charge is -2.06. The van der Waals surface area contributed by atoms with Crippen molar-refractivity contribution in [1.29, 1.82) is 0 Å². The Balaban J connectivity index is 2.01. The molecule has 2 heterocycles. The van der Waals surface area contributed by atoms with Crippen LogP contribution in [0.4, 0.5) is 10.8 Å². The second-order valence-corrected chi connectivity index (χ2v) is 5.43. The highest BCUT2D eigenvalue weighted by Crippen LogP contribution is 2.29. The number of aromatic carboxylic acids is 1. The summed E-state index contributed by atoms with van der Waals surface area (Å²) >= 11 is 1.32. The van der Waals surface area contributed by atoms with E-state index in [1.807, 2.05) is 30.3 Å². The van der Waals surface area contributed by atoms with Crippen molar-refractivity contribution in [3.05, 3.63) is 47.1 Å². The number of pyridine rings is 1. The first-order chi connectivity index (χ1) is 9.65. The van der Waals surface area contributed by atoms with Gasteiger partial charge in [-0.15, -0.1) is 11.3 Å². The highest BCUT2D eigenvalue weighted by atomic mass is 32.1. The number of fused-ring (bicyclic) bond motifs is 1. The number of anilines is 2. The highest BCUT2D eigenvalue weighted by molar-refractivity contribution is 7.15. The van der Waals surface area contributed by atoms with Gasteiger partial charge in [0.05, 0.1) is 5.52 Å². The van der Waals surface area contributed by atoms with Gasteiger partial charge in [0, 0.05) is 22.1 Å². The molecule has 0 saturated carbocycles. The quantitative estimate of drug-likeness (QED) is 0.771. The zero-order valence-electron chi connectivity index (χ0n) is 10.6. The van der Waals surface area contributed by atoms with E-state index in [-0.39, 0.29) is 5.69 Å². The van der Waals surface area contributed by atoms with Crippen molar-refractivity contribution in [2.45, 2.75) is 6.92 Å². The van der Waals surface area contributed by atoms with Crippen LogP contribution < -0.4 is 5.32 Å². The predicted molar refractivity (Wildman–Crippen MR) is 78.8 cm³/mol. The molecule has 0 amide bonds. The minimum absolute atomic E-state index is 0.0934. The van der Waals surface area contributed by atoms with Gasteiger partial charge in [-0.25, -0.2) is 9.78 Å². The third kappa shape index (κ3) is 2.21. The number of benzene rings is 1. The van der Waals surface area contributed by atoms with Crippen molar-refractivity contribution in [2.75, 3.05) is 5.32 Å². The summed E-state index contributed by atoms with van der Waals surface area (Å²) in [5.74, 6) is -1.01. The molecule has 1 aromatic carbocycles. The van der Waals surface area contributed by atoms with Crippen LogP contribution in [0.25, 0.3) is 10.9 Å². The molecule has 0 spiro atoms. The predicted octanol–water partition coefficient (Wildman–Crippen LogP) is 3.44. The number of aromatic nitrogens is 2. The Bertz CT molecular complexity index is 793. The van der Waals surface area contributed by atoms with Gasteiger partial charge in [-0.2, -0.15) is 0 Å². The van der Waals surface area contributed by atoms with Crippen molar-refractivity contribution in [2.24, 2.45) is 0 Å². The van der Waals surface area contributed by atoms with Gasteiger partial charge in [-0.3, -0.25) is 4.98 Å². The van der Waals surface area contributed by atoms with Crippen molar-refractivity contribution in [3.63, 3.8) is 0 Å². The number of nitrogens with zero attached hydrogens (tertiary/aromatic N) is 2. The first kappa shape index (κ1) is 12.6. The summed E-state index contributed by atoms with van der Waals surface area (Å²) < 4.78 is 0. The summed E-state index contributed by atoms with van der Waals surface area (Å²) in [6, 6.07) is 9.57. The molecule has 0 atom stereocenters. The molecule has 6 heteroatoms. The van der Waals surface area contributed by atoms with Crippen LogP contribution in [0.1, 0.15) is 15.4 Å². The molecule has 0 unspecified atom stereocenters. The number of hydrogen-bond acceptors (Lipinski definition) is 5. The van der Waals surface area contributed by atoms with Crippen molar-refractivity contribution in [3.8, 4) is 0 Å². The minimum atomic E-state index is -1.01. The molecule has 3 aromatic rings. The van der Waals surface area contributed by atoms with E-state index in [0.29, 0.717) is 10.0 Å². The lowest BCUT2D eigenvalue weighted by Crippen LogP contribution is -1.99. The SMILES string of the molecule is Cc1sc(Nc2cccc3ncccc23)nc1C(=O)O. The normalized spacial score (nSPS) is 10.7. The number of hydrogen-bond donors (Lipinski definition) is 2. The summed E-state index contributed by atoms with van der Waals surface area (Å²) in [5, 5.41) is 13.7. The van der Waals surface area contributed by atoms with Crippen LogP contribution in [0.3, 0.4) is 0 Å². The van der Waals surface area contributed by atoms with Crippen LogP contribution in [0.5, 0.6) is 0 Å². The Morgan fingerprint density at radius 1 is 1.30 bits per heavy atom. The van der Waals surface area contributed by atoms with E-state index >= 15 is 0 Å². The van der Waals surface area contributed by atoms with Crippen molar-refractivity contribution in [1.82, 2.24) is 9.97 Å². The van der Waals surface area contributed by atoms with Crippen LogP contribution >= 0.6 is 11.3 Å². The zero-order chi connectivity index (χ0) is 14.1. The maximum absolute atomic E-state index is 11.0. The number of carboxylic acid groups (broad SMARTS) is 1. The Morgan fingerprint density at radius 3 is 2.90 bits per heavy atom. The average molecular weight is 285 g/mol. The first-order valence-corrected chi connectivity index (χ1v) is 6.78. The number of aryl methyl sites for hydroxylation is 1. The fourth-order valence-corrected chi connectivity index (χ4v) is 2.79. The van der Waals surface area contributed by atoms with Gasteiger partial charge in [0.25, 0.3) is 0 Å². The van der Waals surface area contributed by atoms with E-state index < -0.39 is 5.97 Å². The number of carbonyl (C=O) groups is 1. The molecule has 0 aliphatic heterocycles. The standard InChI is InChI=1S/C14H11N3O2S/c1-8-12(13(18)19)17-14(20-8)16-11-6-2-5-10-9(11)4-3-7-15-10/h2-7H,1H3,(H,16,17)(H,18,19). The van der Waals surface area contributed by atoms with E-state index in [4.69, 9.17) is 5.11 Å². The Kier molecular flexibility index (Phi) is 3.08. The monoisotopic (exact) mass is 285 g/mol. The van der Waals surface area contributed by atoms with Gasteiger partial charge in [0.2, 0.25) is 0 Å². The van der Waals surface area contributed by atoms with E-state index in [2.05, 4.69) is 15.3 Å². The molecule has 0 saturated heterocycles. The van der Waals surface area contributed by atoms with Crippen LogP contribution in [-0.2, 0) is 0 Å². The molecule has 2 aromatic heterocycles. The number of thiazole rings is 1. The van der Waals surface area contributed by atoms with E-state index in [0.717, 1.165) is 16.6 Å². The second-order valence-electron chi connectivity index (χ2n) is 4.23. The number of nitrogens with one attached hydrogen (secondary N) is 1. The third-order valence-corrected chi connectivity index (χ3v) is 3.77. The van der Waals surface area contributed by atoms with E-state index in [1.165, 1.54) is 11.3 Å². The lowest BCUT2D eigenvalue weighted by atomic mass is 10.2. The van der Waals surface area contributed by atoms with Crippen LogP contribution in [-0.4, -0.2) is 21.0 Å². The van der Waals surface area contributed by atoms with Crippen molar-refractivity contribution >= 4 is 39.0 Å². The largest absolute Gasteiger partial charge is 0.476 e. The summed E-state index contributed by atoms with van der Waals surface area (Å²) in [4.78, 5) is 20.1. The molecule has 2 N–H and O–H groups in total. The molecule has 0 bridgehead atoms. The van der Waals surface area contributed by atoms with Gasteiger partial charge < -0.3 is 10.4 Å². The fourth-order valence-electron chi connectivity index (χ4n) is 1.98. The van der Waals surface area contributed by atoms with Crippen LogP contribution in [0, 0.1) is 6.92 Å². The van der Waals surface area contributed by atoms with Gasteiger partial charge in [-0.1, -0.05) is 6.07 Å². The molecule has 0 aliphatic rings. The number of rotatable bonds is 3. The van der Waals surface area contributed by atoms with Gasteiger partial charge in [-0.05, 0) is 31.2 Å². The molecule has 100 valence electrons. The maximum Gasteiger partial charge on any atom is 0.355 e. The molecule has 20 heavy (non-hydrogen) atoms. The van der Waals surface area contributed by atoms with E-state index in [1.54, 1.807) is 13.1 Å². The Morgan fingerprint density at radius 2 is 2.15 bits per heavy atom.